The van der Waals surface area contributed by atoms with Crippen molar-refractivity contribution in [2.24, 2.45) is 5.92 Å². The van der Waals surface area contributed by atoms with Crippen molar-refractivity contribution >= 4 is 21.8 Å². The van der Waals surface area contributed by atoms with Gasteiger partial charge < -0.3 is 4.90 Å². The van der Waals surface area contributed by atoms with Crippen molar-refractivity contribution in [3.63, 3.8) is 0 Å². The number of nitrogens with zero attached hydrogens (tertiary/aromatic N) is 1. The van der Waals surface area contributed by atoms with Gasteiger partial charge in [-0.25, -0.2) is 0 Å². The average molecular weight is 296 g/mol. The Morgan fingerprint density at radius 2 is 2.12 bits per heavy atom. The maximum atomic E-state index is 12.2. The molecule has 1 aliphatic rings. The second-order valence-corrected chi connectivity index (χ2v) is 5.21. The molecule has 1 heterocycles. The van der Waals surface area contributed by atoms with E-state index in [1.54, 1.807) is 0 Å². The highest BCUT2D eigenvalue weighted by atomic mass is 79.9. The number of likely N-dealkylation sites (tertiary alicyclic amines) is 1. The topological polar surface area (TPSA) is 20.3 Å². The molecule has 1 fully saturated rings. The molecule has 1 amide bonds. The van der Waals surface area contributed by atoms with E-state index < -0.39 is 0 Å². The first-order valence-corrected chi connectivity index (χ1v) is 7.31. The lowest BCUT2D eigenvalue weighted by Crippen LogP contribution is -2.28. The number of amides is 1. The van der Waals surface area contributed by atoms with Crippen LogP contribution in [-0.4, -0.2) is 23.9 Å². The lowest BCUT2D eigenvalue weighted by atomic mass is 10.1. The second-order valence-electron chi connectivity index (χ2n) is 4.64. The summed E-state index contributed by atoms with van der Waals surface area (Å²) in [5.74, 6) is 0.878. The molecule has 1 aromatic rings. The third kappa shape index (κ3) is 2.89. The van der Waals surface area contributed by atoms with Crippen molar-refractivity contribution in [2.75, 3.05) is 13.1 Å². The quantitative estimate of drug-likeness (QED) is 0.782. The van der Waals surface area contributed by atoms with Crippen LogP contribution in [0.15, 0.2) is 24.3 Å². The molecule has 1 aliphatic heterocycles. The number of halogens is 1. The zero-order valence-corrected chi connectivity index (χ0v) is 11.7. The fraction of sp³-hybridized carbons (Fsp3) is 0.500. The summed E-state index contributed by atoms with van der Waals surface area (Å²) in [4.78, 5) is 14.2. The SMILES string of the molecule is CCC1CCN(C(=O)c2ccc(CBr)cc2)C1. The zero-order chi connectivity index (χ0) is 12.3. The zero-order valence-electron chi connectivity index (χ0n) is 10.2. The molecule has 0 bridgehead atoms. The van der Waals surface area contributed by atoms with Gasteiger partial charge in [0.15, 0.2) is 0 Å². The van der Waals surface area contributed by atoms with E-state index in [0.717, 1.165) is 30.4 Å². The first-order chi connectivity index (χ1) is 8.24. The average Bonchev–Trinajstić information content (AvgIpc) is 2.87. The molecule has 2 rings (SSSR count). The molecule has 0 saturated carbocycles. The van der Waals surface area contributed by atoms with Crippen LogP contribution in [0.25, 0.3) is 0 Å². The number of hydrogen-bond acceptors (Lipinski definition) is 1. The summed E-state index contributed by atoms with van der Waals surface area (Å²) in [6.07, 6.45) is 2.33. The van der Waals surface area contributed by atoms with Gasteiger partial charge in [0.05, 0.1) is 0 Å². The van der Waals surface area contributed by atoms with Crippen LogP contribution in [0.1, 0.15) is 35.7 Å². The Labute approximate surface area is 111 Å². The molecule has 3 heteroatoms. The molecule has 2 nitrogen and oxygen atoms in total. The number of rotatable bonds is 3. The van der Waals surface area contributed by atoms with Gasteiger partial charge in [-0.15, -0.1) is 0 Å². The highest BCUT2D eigenvalue weighted by molar-refractivity contribution is 9.08. The number of hydrogen-bond donors (Lipinski definition) is 0. The molecule has 1 unspecified atom stereocenters. The molecule has 0 aliphatic carbocycles. The minimum absolute atomic E-state index is 0.182. The Kier molecular flexibility index (Phi) is 4.21. The van der Waals surface area contributed by atoms with Crippen LogP contribution in [0.3, 0.4) is 0 Å². The number of alkyl halides is 1. The van der Waals surface area contributed by atoms with Crippen LogP contribution in [-0.2, 0) is 5.33 Å². The summed E-state index contributed by atoms with van der Waals surface area (Å²) in [5, 5.41) is 0.836. The summed E-state index contributed by atoms with van der Waals surface area (Å²) in [7, 11) is 0. The molecule has 0 N–H and O–H groups in total. The molecule has 1 saturated heterocycles. The van der Waals surface area contributed by atoms with Crippen LogP contribution in [0.2, 0.25) is 0 Å². The number of carbonyl (C=O) groups excluding carboxylic acids is 1. The van der Waals surface area contributed by atoms with E-state index in [9.17, 15) is 4.79 Å². The summed E-state index contributed by atoms with van der Waals surface area (Å²) >= 11 is 3.41. The monoisotopic (exact) mass is 295 g/mol. The molecule has 1 aromatic carbocycles. The first-order valence-electron chi connectivity index (χ1n) is 6.18. The fourth-order valence-electron chi connectivity index (χ4n) is 2.27. The molecule has 17 heavy (non-hydrogen) atoms. The minimum atomic E-state index is 0.182. The summed E-state index contributed by atoms with van der Waals surface area (Å²) in [6.45, 7) is 4.04. The number of benzene rings is 1. The highest BCUT2D eigenvalue weighted by Gasteiger charge is 2.25. The van der Waals surface area contributed by atoms with Crippen LogP contribution in [0.4, 0.5) is 0 Å². The van der Waals surface area contributed by atoms with Crippen molar-refractivity contribution in [2.45, 2.75) is 25.1 Å². The van der Waals surface area contributed by atoms with Crippen molar-refractivity contribution < 1.29 is 4.79 Å². The Morgan fingerprint density at radius 1 is 1.41 bits per heavy atom. The van der Waals surface area contributed by atoms with Crippen molar-refractivity contribution in [1.82, 2.24) is 4.90 Å². The van der Waals surface area contributed by atoms with Gasteiger partial charge in [-0.3, -0.25) is 4.79 Å². The van der Waals surface area contributed by atoms with E-state index in [-0.39, 0.29) is 5.91 Å². The number of carbonyl (C=O) groups is 1. The van der Waals surface area contributed by atoms with Gasteiger partial charge in [0.1, 0.15) is 0 Å². The van der Waals surface area contributed by atoms with Gasteiger partial charge in [0.25, 0.3) is 5.91 Å². The summed E-state index contributed by atoms with van der Waals surface area (Å²) in [6, 6.07) is 7.88. The Balaban J connectivity index is 2.04. The Morgan fingerprint density at radius 3 is 2.65 bits per heavy atom. The second kappa shape index (κ2) is 5.67. The fourth-order valence-corrected chi connectivity index (χ4v) is 2.64. The standard InChI is InChI=1S/C14H18BrNO/c1-2-11-7-8-16(10-11)14(17)13-5-3-12(9-15)4-6-13/h3-6,11H,2,7-10H2,1H3. The first kappa shape index (κ1) is 12.6. The molecular weight excluding hydrogens is 278 g/mol. The van der Waals surface area contributed by atoms with E-state index in [1.165, 1.54) is 12.0 Å². The van der Waals surface area contributed by atoms with Crippen molar-refractivity contribution in [1.29, 1.82) is 0 Å². The lowest BCUT2D eigenvalue weighted by Gasteiger charge is -2.16. The summed E-state index contributed by atoms with van der Waals surface area (Å²) in [5.41, 5.74) is 2.01. The molecular formula is C14H18BrNO. The predicted octanol–water partition coefficient (Wildman–Crippen LogP) is 3.45. The highest BCUT2D eigenvalue weighted by Crippen LogP contribution is 2.21. The molecule has 1 atom stereocenters. The molecule has 0 aromatic heterocycles. The van der Waals surface area contributed by atoms with E-state index in [0.29, 0.717) is 5.92 Å². The van der Waals surface area contributed by atoms with Gasteiger partial charge in [0, 0.05) is 24.0 Å². The normalized spacial score (nSPS) is 19.6. The largest absolute Gasteiger partial charge is 0.338 e. The van der Waals surface area contributed by atoms with Gasteiger partial charge >= 0.3 is 0 Å². The van der Waals surface area contributed by atoms with E-state index >= 15 is 0 Å². The maximum Gasteiger partial charge on any atom is 0.253 e. The third-order valence-corrected chi connectivity index (χ3v) is 4.15. The van der Waals surface area contributed by atoms with E-state index in [4.69, 9.17) is 0 Å². The van der Waals surface area contributed by atoms with Crippen LogP contribution < -0.4 is 0 Å². The Hall–Kier alpha value is -0.830. The Bertz CT molecular complexity index is 388. The molecule has 92 valence electrons. The van der Waals surface area contributed by atoms with Crippen LogP contribution in [0, 0.1) is 5.92 Å². The van der Waals surface area contributed by atoms with Gasteiger partial charge in [-0.05, 0) is 30.0 Å². The van der Waals surface area contributed by atoms with Gasteiger partial charge in [0.2, 0.25) is 0 Å². The third-order valence-electron chi connectivity index (χ3n) is 3.51. The predicted molar refractivity (Wildman–Crippen MR) is 73.4 cm³/mol. The van der Waals surface area contributed by atoms with E-state index in [1.807, 2.05) is 29.2 Å². The lowest BCUT2D eigenvalue weighted by molar-refractivity contribution is 0.0787. The van der Waals surface area contributed by atoms with Gasteiger partial charge in [-0.1, -0.05) is 41.4 Å². The van der Waals surface area contributed by atoms with E-state index in [2.05, 4.69) is 22.9 Å². The van der Waals surface area contributed by atoms with Gasteiger partial charge in [-0.2, -0.15) is 0 Å². The van der Waals surface area contributed by atoms with Crippen LogP contribution >= 0.6 is 15.9 Å². The van der Waals surface area contributed by atoms with Crippen molar-refractivity contribution in [3.05, 3.63) is 35.4 Å². The van der Waals surface area contributed by atoms with Crippen molar-refractivity contribution in [3.8, 4) is 0 Å². The molecule has 0 spiro atoms. The van der Waals surface area contributed by atoms with Crippen LogP contribution in [0.5, 0.6) is 0 Å². The smallest absolute Gasteiger partial charge is 0.253 e. The molecule has 0 radical (unpaired) electrons. The minimum Gasteiger partial charge on any atom is -0.338 e. The summed E-state index contributed by atoms with van der Waals surface area (Å²) < 4.78 is 0. The maximum absolute atomic E-state index is 12.2.